The number of amides is 1. The van der Waals surface area contributed by atoms with Gasteiger partial charge in [-0.05, 0) is 24.8 Å². The van der Waals surface area contributed by atoms with Crippen molar-refractivity contribution in [1.82, 2.24) is 5.32 Å². The number of carbonyl (C=O) groups excluding carboxylic acids is 1. The standard InChI is InChI=1S/C10H9N3O4S/c1-2-11-10-12-9(14)7(18-10)5-6-3-4-8(17-6)13(15)16/h3-5H,2H2,1H3,(H,11,12,14)/b7-5+. The average molecular weight is 267 g/mol. The number of nitrogens with zero attached hydrogens (tertiary/aromatic N) is 2. The summed E-state index contributed by atoms with van der Waals surface area (Å²) in [6, 6.07) is 2.68. The van der Waals surface area contributed by atoms with Crippen LogP contribution in [0.15, 0.2) is 26.4 Å². The second kappa shape index (κ2) is 5.05. The van der Waals surface area contributed by atoms with Crippen molar-refractivity contribution in [2.75, 3.05) is 6.54 Å². The van der Waals surface area contributed by atoms with Crippen LogP contribution in [0.4, 0.5) is 5.88 Å². The molecule has 0 unspecified atom stereocenters. The van der Waals surface area contributed by atoms with Crippen molar-refractivity contribution in [3.05, 3.63) is 32.9 Å². The van der Waals surface area contributed by atoms with E-state index in [-0.39, 0.29) is 17.6 Å². The number of hydrogen-bond donors (Lipinski definition) is 1. The first-order chi connectivity index (χ1) is 8.60. The summed E-state index contributed by atoms with van der Waals surface area (Å²) in [5.74, 6) is -0.379. The number of rotatable bonds is 3. The Bertz CT molecular complexity index is 561. The van der Waals surface area contributed by atoms with Gasteiger partial charge in [-0.25, -0.2) is 0 Å². The van der Waals surface area contributed by atoms with Crippen LogP contribution in [0, 0.1) is 10.1 Å². The zero-order chi connectivity index (χ0) is 13.1. The van der Waals surface area contributed by atoms with Gasteiger partial charge in [0.25, 0.3) is 5.91 Å². The zero-order valence-corrected chi connectivity index (χ0v) is 10.2. The van der Waals surface area contributed by atoms with Crippen LogP contribution in [-0.4, -0.2) is 22.5 Å². The van der Waals surface area contributed by atoms with Crippen LogP contribution in [0.1, 0.15) is 12.7 Å². The minimum Gasteiger partial charge on any atom is -0.401 e. The molecule has 0 saturated carbocycles. The third-order valence-corrected chi connectivity index (χ3v) is 2.97. The van der Waals surface area contributed by atoms with Crippen molar-refractivity contribution in [2.24, 2.45) is 4.99 Å². The minimum absolute atomic E-state index is 0.261. The molecule has 1 N–H and O–H groups in total. The highest BCUT2D eigenvalue weighted by Gasteiger charge is 2.24. The summed E-state index contributed by atoms with van der Waals surface area (Å²) < 4.78 is 4.94. The predicted molar refractivity (Wildman–Crippen MR) is 67.0 cm³/mol. The summed E-state index contributed by atoms with van der Waals surface area (Å²) in [5.41, 5.74) is 0. The predicted octanol–water partition coefficient (Wildman–Crippen LogP) is 1.77. The molecule has 0 bridgehead atoms. The fourth-order valence-corrected chi connectivity index (χ4v) is 2.16. The van der Waals surface area contributed by atoms with Crippen LogP contribution in [0.5, 0.6) is 0 Å². The lowest BCUT2D eigenvalue weighted by Gasteiger charge is -1.89. The lowest BCUT2D eigenvalue weighted by atomic mass is 10.4. The van der Waals surface area contributed by atoms with Crippen LogP contribution in [0.25, 0.3) is 6.08 Å². The van der Waals surface area contributed by atoms with Crippen LogP contribution in [-0.2, 0) is 4.79 Å². The summed E-state index contributed by atoms with van der Waals surface area (Å²) in [6.07, 6.45) is 1.45. The number of furan rings is 1. The van der Waals surface area contributed by atoms with Gasteiger partial charge >= 0.3 is 5.88 Å². The molecule has 0 spiro atoms. The Balaban J connectivity index is 2.20. The topological polar surface area (TPSA) is 97.7 Å². The number of carbonyl (C=O) groups is 1. The number of amidine groups is 1. The van der Waals surface area contributed by atoms with Crippen molar-refractivity contribution in [2.45, 2.75) is 6.92 Å². The van der Waals surface area contributed by atoms with E-state index in [1.165, 1.54) is 30.0 Å². The first kappa shape index (κ1) is 12.4. The van der Waals surface area contributed by atoms with Gasteiger partial charge in [0.05, 0.1) is 11.0 Å². The highest BCUT2D eigenvalue weighted by atomic mass is 32.2. The molecule has 94 valence electrons. The molecule has 8 heteroatoms. The lowest BCUT2D eigenvalue weighted by molar-refractivity contribution is -0.402. The van der Waals surface area contributed by atoms with E-state index < -0.39 is 4.92 Å². The molecule has 1 fully saturated rings. The monoisotopic (exact) mass is 267 g/mol. The number of thioether (sulfide) groups is 1. The van der Waals surface area contributed by atoms with E-state index in [4.69, 9.17) is 4.42 Å². The van der Waals surface area contributed by atoms with E-state index in [1.807, 2.05) is 6.92 Å². The van der Waals surface area contributed by atoms with Crippen LogP contribution in [0.3, 0.4) is 0 Å². The Morgan fingerprint density at radius 1 is 1.61 bits per heavy atom. The van der Waals surface area contributed by atoms with E-state index >= 15 is 0 Å². The quantitative estimate of drug-likeness (QED) is 0.511. The fraction of sp³-hybridized carbons (Fsp3) is 0.200. The van der Waals surface area contributed by atoms with Gasteiger partial charge in [0.2, 0.25) is 0 Å². The van der Waals surface area contributed by atoms with E-state index in [2.05, 4.69) is 10.3 Å². The van der Waals surface area contributed by atoms with Crippen molar-refractivity contribution in [1.29, 1.82) is 0 Å². The van der Waals surface area contributed by atoms with Crippen molar-refractivity contribution < 1.29 is 14.1 Å². The highest BCUT2D eigenvalue weighted by molar-refractivity contribution is 8.18. The molecule has 1 aliphatic heterocycles. The largest absolute Gasteiger partial charge is 0.433 e. The first-order valence-corrected chi connectivity index (χ1v) is 5.91. The summed E-state index contributed by atoms with van der Waals surface area (Å²) >= 11 is 1.18. The zero-order valence-electron chi connectivity index (χ0n) is 9.37. The molecule has 7 nitrogen and oxygen atoms in total. The molecule has 1 saturated heterocycles. The van der Waals surface area contributed by atoms with Crippen LogP contribution in [0.2, 0.25) is 0 Å². The number of aliphatic imine (C=N–C) groups is 1. The van der Waals surface area contributed by atoms with E-state index in [9.17, 15) is 14.9 Å². The van der Waals surface area contributed by atoms with Gasteiger partial charge in [-0.15, -0.1) is 0 Å². The molecule has 0 radical (unpaired) electrons. The van der Waals surface area contributed by atoms with E-state index in [0.29, 0.717) is 16.6 Å². The summed E-state index contributed by atoms with van der Waals surface area (Å²) in [4.78, 5) is 25.8. The maximum Gasteiger partial charge on any atom is 0.433 e. The fourth-order valence-electron chi connectivity index (χ4n) is 1.29. The SMILES string of the molecule is CCN=C1NC(=O)/C(=C\c2ccc([N+](=O)[O-])o2)S1. The molecule has 0 atom stereocenters. The molecule has 18 heavy (non-hydrogen) atoms. The second-order valence-electron chi connectivity index (χ2n) is 3.28. The maximum atomic E-state index is 11.5. The normalized spacial score (nSPS) is 19.5. The molecule has 0 aromatic carbocycles. The van der Waals surface area contributed by atoms with Gasteiger partial charge in [0.15, 0.2) is 5.17 Å². The Labute approximate surface area is 106 Å². The average Bonchev–Trinajstić information content (AvgIpc) is 2.88. The van der Waals surface area contributed by atoms with Crippen LogP contribution < -0.4 is 5.32 Å². The molecule has 1 aromatic rings. The number of nitro groups is 1. The molecule has 1 aromatic heterocycles. The molecule has 1 aliphatic rings. The van der Waals surface area contributed by atoms with Gasteiger partial charge in [-0.1, -0.05) is 0 Å². The summed E-state index contributed by atoms with van der Waals surface area (Å²) in [6.45, 7) is 2.43. The molecule has 2 heterocycles. The first-order valence-electron chi connectivity index (χ1n) is 5.09. The Hall–Kier alpha value is -2.09. The van der Waals surface area contributed by atoms with Crippen molar-refractivity contribution in [3.63, 3.8) is 0 Å². The minimum atomic E-state index is -0.631. The Morgan fingerprint density at radius 3 is 3.00 bits per heavy atom. The van der Waals surface area contributed by atoms with Crippen molar-refractivity contribution in [3.8, 4) is 0 Å². The molecular weight excluding hydrogens is 258 g/mol. The second-order valence-corrected chi connectivity index (χ2v) is 4.31. The lowest BCUT2D eigenvalue weighted by Crippen LogP contribution is -2.19. The van der Waals surface area contributed by atoms with Crippen molar-refractivity contribution >= 4 is 34.8 Å². The maximum absolute atomic E-state index is 11.5. The van der Waals surface area contributed by atoms with Crippen LogP contribution >= 0.6 is 11.8 Å². The smallest absolute Gasteiger partial charge is 0.401 e. The molecule has 2 rings (SSSR count). The summed E-state index contributed by atoms with van der Waals surface area (Å²) in [7, 11) is 0. The Morgan fingerprint density at radius 2 is 2.39 bits per heavy atom. The molecule has 1 amide bonds. The summed E-state index contributed by atoms with van der Waals surface area (Å²) in [5, 5.41) is 13.5. The molecular formula is C10H9N3O4S. The third-order valence-electron chi connectivity index (χ3n) is 2.02. The van der Waals surface area contributed by atoms with Gasteiger partial charge in [-0.3, -0.25) is 19.9 Å². The van der Waals surface area contributed by atoms with Gasteiger partial charge in [-0.2, -0.15) is 0 Å². The highest BCUT2D eigenvalue weighted by Crippen LogP contribution is 2.27. The van der Waals surface area contributed by atoms with Gasteiger partial charge < -0.3 is 9.73 Å². The number of nitrogens with one attached hydrogen (secondary N) is 1. The Kier molecular flexibility index (Phi) is 3.47. The van der Waals surface area contributed by atoms with E-state index in [0.717, 1.165) is 0 Å². The number of hydrogen-bond acceptors (Lipinski definition) is 6. The molecule has 0 aliphatic carbocycles. The van der Waals surface area contributed by atoms with Gasteiger partial charge in [0, 0.05) is 12.6 Å². The van der Waals surface area contributed by atoms with E-state index in [1.54, 1.807) is 0 Å². The van der Waals surface area contributed by atoms with Gasteiger partial charge in [0.1, 0.15) is 10.7 Å². The third kappa shape index (κ3) is 2.59.